The first-order valence-electron chi connectivity index (χ1n) is 9.60. The summed E-state index contributed by atoms with van der Waals surface area (Å²) < 4.78 is 5.54. The number of anilines is 1. The second-order valence-corrected chi connectivity index (χ2v) is 9.30. The third-order valence-electron chi connectivity index (χ3n) is 5.15. The maximum absolute atomic E-state index is 12.7. The molecule has 0 unspecified atom stereocenters. The molecule has 1 aromatic rings. The maximum atomic E-state index is 12.7. The lowest BCUT2D eigenvalue weighted by Gasteiger charge is -2.38. The van der Waals surface area contributed by atoms with Crippen LogP contribution in [0.15, 0.2) is 18.2 Å². The second kappa shape index (κ2) is 8.37. The highest BCUT2D eigenvalue weighted by Crippen LogP contribution is 2.33. The van der Waals surface area contributed by atoms with E-state index in [4.69, 9.17) is 27.9 Å². The molecule has 8 heteroatoms. The summed E-state index contributed by atoms with van der Waals surface area (Å²) in [5.41, 5.74) is 0.179. The lowest BCUT2D eigenvalue weighted by Crippen LogP contribution is -2.53. The molecule has 1 N–H and O–H groups in total. The summed E-state index contributed by atoms with van der Waals surface area (Å²) in [6.45, 7) is 7.68. The Hall–Kier alpha value is -1.66. The number of halogens is 2. The number of rotatable bonds is 3. The summed E-state index contributed by atoms with van der Waals surface area (Å²) in [6, 6.07) is 5.13. The first-order valence-corrected chi connectivity index (χ1v) is 10.4. The smallest absolute Gasteiger partial charge is 0.410 e. The van der Waals surface area contributed by atoms with E-state index in [1.165, 1.54) is 0 Å². The molecule has 2 fully saturated rings. The molecule has 154 valence electrons. The van der Waals surface area contributed by atoms with Crippen LogP contribution in [0.25, 0.3) is 0 Å². The van der Waals surface area contributed by atoms with E-state index in [0.29, 0.717) is 41.3 Å². The fourth-order valence-corrected chi connectivity index (χ4v) is 4.39. The van der Waals surface area contributed by atoms with Gasteiger partial charge in [-0.05, 0) is 57.7 Å². The van der Waals surface area contributed by atoms with Crippen molar-refractivity contribution in [1.82, 2.24) is 9.80 Å². The van der Waals surface area contributed by atoms with E-state index < -0.39 is 5.60 Å². The number of hydrogen-bond donors (Lipinski definition) is 1. The Morgan fingerprint density at radius 3 is 2.43 bits per heavy atom. The zero-order valence-corrected chi connectivity index (χ0v) is 18.0. The van der Waals surface area contributed by atoms with E-state index in [-0.39, 0.29) is 24.6 Å². The zero-order valence-electron chi connectivity index (χ0n) is 16.5. The Bertz CT molecular complexity index is 730. The quantitative estimate of drug-likeness (QED) is 0.782. The van der Waals surface area contributed by atoms with Crippen LogP contribution in [-0.2, 0) is 9.53 Å². The molecule has 2 amide bonds. The number of piperidine rings is 1. The normalized spacial score (nSPS) is 22.0. The van der Waals surface area contributed by atoms with Gasteiger partial charge in [-0.15, -0.1) is 0 Å². The van der Waals surface area contributed by atoms with E-state index in [1.54, 1.807) is 23.1 Å². The number of nitrogens with one attached hydrogen (secondary N) is 1. The number of carbonyl (C=O) groups is 2. The van der Waals surface area contributed by atoms with Crippen LogP contribution in [-0.4, -0.2) is 59.6 Å². The molecule has 1 aromatic carbocycles. The van der Waals surface area contributed by atoms with Gasteiger partial charge in [0.05, 0.1) is 12.6 Å². The molecule has 2 saturated heterocycles. The highest BCUT2D eigenvalue weighted by Gasteiger charge is 2.42. The van der Waals surface area contributed by atoms with Gasteiger partial charge in [-0.3, -0.25) is 4.79 Å². The third-order valence-corrected chi connectivity index (χ3v) is 5.59. The minimum atomic E-state index is -0.526. The van der Waals surface area contributed by atoms with Crippen LogP contribution >= 0.6 is 23.2 Å². The topological polar surface area (TPSA) is 61.9 Å². The molecule has 28 heavy (non-hydrogen) atoms. The molecule has 2 atom stereocenters. The van der Waals surface area contributed by atoms with Gasteiger partial charge in [0, 0.05) is 35.4 Å². The average molecular weight is 428 g/mol. The minimum Gasteiger partial charge on any atom is -0.444 e. The van der Waals surface area contributed by atoms with Crippen LogP contribution < -0.4 is 5.32 Å². The number of hydrogen-bond acceptors (Lipinski definition) is 4. The molecule has 2 heterocycles. The van der Waals surface area contributed by atoms with Gasteiger partial charge in [0.1, 0.15) is 5.60 Å². The predicted molar refractivity (Wildman–Crippen MR) is 111 cm³/mol. The van der Waals surface area contributed by atoms with Crippen molar-refractivity contribution in [2.24, 2.45) is 5.92 Å². The molecule has 3 rings (SSSR count). The van der Waals surface area contributed by atoms with E-state index in [2.05, 4.69) is 5.32 Å². The van der Waals surface area contributed by atoms with E-state index in [1.807, 2.05) is 25.7 Å². The van der Waals surface area contributed by atoms with Crippen LogP contribution in [0.2, 0.25) is 10.0 Å². The lowest BCUT2D eigenvalue weighted by atomic mass is 9.92. The Kier molecular flexibility index (Phi) is 6.30. The monoisotopic (exact) mass is 427 g/mol. The highest BCUT2D eigenvalue weighted by molar-refractivity contribution is 6.35. The van der Waals surface area contributed by atoms with Crippen molar-refractivity contribution in [3.05, 3.63) is 28.2 Å². The number of ether oxygens (including phenoxy) is 1. The number of benzene rings is 1. The van der Waals surface area contributed by atoms with Crippen molar-refractivity contribution < 1.29 is 14.3 Å². The van der Waals surface area contributed by atoms with Gasteiger partial charge in [-0.25, -0.2) is 4.79 Å². The standard InChI is InChI=1S/C20H27Cl2N3O3/c1-20(2,3)28-19(27)25-7-5-13-4-6-24(12-17(13)25)18(26)11-23-16-9-14(21)8-15(22)10-16/h8-10,13,17,23H,4-7,11-12H2,1-3H3/t13-,17+/m0/s1. The third kappa shape index (κ3) is 5.23. The van der Waals surface area contributed by atoms with Crippen LogP contribution in [0.1, 0.15) is 33.6 Å². The van der Waals surface area contributed by atoms with Crippen LogP contribution in [0.3, 0.4) is 0 Å². The molecular weight excluding hydrogens is 401 g/mol. The molecule has 0 radical (unpaired) electrons. The van der Waals surface area contributed by atoms with Crippen LogP contribution in [0, 0.1) is 5.92 Å². The SMILES string of the molecule is CC(C)(C)OC(=O)N1CC[C@@H]2CCN(C(=O)CNc3cc(Cl)cc(Cl)c3)C[C@H]21. The van der Waals surface area contributed by atoms with Crippen LogP contribution in [0.5, 0.6) is 0 Å². The van der Waals surface area contributed by atoms with E-state index in [0.717, 1.165) is 12.8 Å². The van der Waals surface area contributed by atoms with Gasteiger partial charge in [0.15, 0.2) is 0 Å². The maximum Gasteiger partial charge on any atom is 0.410 e. The first-order chi connectivity index (χ1) is 13.1. The zero-order chi connectivity index (χ0) is 20.5. The Balaban J connectivity index is 1.58. The molecule has 2 aliphatic heterocycles. The van der Waals surface area contributed by atoms with Crippen molar-refractivity contribution >= 4 is 40.9 Å². The second-order valence-electron chi connectivity index (χ2n) is 8.43. The Labute approximate surface area is 176 Å². The minimum absolute atomic E-state index is 0.00872. The molecule has 0 aromatic heterocycles. The Morgan fingerprint density at radius 1 is 1.14 bits per heavy atom. The first kappa shape index (κ1) is 21.1. The molecule has 6 nitrogen and oxygen atoms in total. The van der Waals surface area contributed by atoms with E-state index >= 15 is 0 Å². The van der Waals surface area contributed by atoms with Crippen molar-refractivity contribution in [3.8, 4) is 0 Å². The number of likely N-dealkylation sites (tertiary alicyclic amines) is 2. The summed E-state index contributed by atoms with van der Waals surface area (Å²) in [5.74, 6) is 0.418. The highest BCUT2D eigenvalue weighted by atomic mass is 35.5. The van der Waals surface area contributed by atoms with Gasteiger partial charge in [-0.2, -0.15) is 0 Å². The fourth-order valence-electron chi connectivity index (χ4n) is 3.86. The van der Waals surface area contributed by atoms with Gasteiger partial charge >= 0.3 is 6.09 Å². The van der Waals surface area contributed by atoms with Crippen molar-refractivity contribution in [3.63, 3.8) is 0 Å². The summed E-state index contributed by atoms with van der Waals surface area (Å²) in [5, 5.41) is 4.11. The Morgan fingerprint density at radius 2 is 1.79 bits per heavy atom. The van der Waals surface area contributed by atoms with Crippen molar-refractivity contribution in [2.75, 3.05) is 31.5 Å². The predicted octanol–water partition coefficient (Wildman–Crippen LogP) is 4.26. The summed E-state index contributed by atoms with van der Waals surface area (Å²) >= 11 is 12.0. The number of fused-ring (bicyclic) bond motifs is 1. The molecule has 2 aliphatic rings. The molecule has 0 bridgehead atoms. The number of amides is 2. The number of carbonyl (C=O) groups excluding carboxylic acids is 2. The fraction of sp³-hybridized carbons (Fsp3) is 0.600. The number of nitrogens with zero attached hydrogens (tertiary/aromatic N) is 2. The summed E-state index contributed by atoms with van der Waals surface area (Å²) in [4.78, 5) is 28.8. The lowest BCUT2D eigenvalue weighted by molar-refractivity contribution is -0.131. The average Bonchev–Trinajstić information content (AvgIpc) is 3.00. The molecule has 0 spiro atoms. The molecule has 0 saturated carbocycles. The van der Waals surface area contributed by atoms with Gasteiger partial charge < -0.3 is 19.9 Å². The van der Waals surface area contributed by atoms with Gasteiger partial charge in [0.2, 0.25) is 5.91 Å². The van der Waals surface area contributed by atoms with Crippen molar-refractivity contribution in [2.45, 2.75) is 45.3 Å². The van der Waals surface area contributed by atoms with Crippen LogP contribution in [0.4, 0.5) is 10.5 Å². The molecule has 0 aliphatic carbocycles. The summed E-state index contributed by atoms with van der Waals surface area (Å²) in [7, 11) is 0. The van der Waals surface area contributed by atoms with Gasteiger partial charge in [-0.1, -0.05) is 23.2 Å². The largest absolute Gasteiger partial charge is 0.444 e. The van der Waals surface area contributed by atoms with E-state index in [9.17, 15) is 9.59 Å². The molecular formula is C20H27Cl2N3O3. The summed E-state index contributed by atoms with van der Waals surface area (Å²) in [6.07, 6.45) is 1.57. The van der Waals surface area contributed by atoms with Gasteiger partial charge in [0.25, 0.3) is 0 Å². The van der Waals surface area contributed by atoms with Crippen molar-refractivity contribution in [1.29, 1.82) is 0 Å².